The zero-order chi connectivity index (χ0) is 16.4. The second-order valence-electron chi connectivity index (χ2n) is 7.77. The van der Waals surface area contributed by atoms with Crippen molar-refractivity contribution in [3.8, 4) is 0 Å². The van der Waals surface area contributed by atoms with E-state index in [9.17, 15) is 13.2 Å². The molecule has 126 valence electrons. The van der Waals surface area contributed by atoms with Crippen LogP contribution in [0.1, 0.15) is 60.3 Å². The van der Waals surface area contributed by atoms with Crippen molar-refractivity contribution in [1.29, 1.82) is 0 Å². The number of hydrogen-bond donors (Lipinski definition) is 0. The first-order valence-corrected chi connectivity index (χ1v) is 13.4. The fourth-order valence-corrected chi connectivity index (χ4v) is 16.3. The molecule has 0 saturated carbocycles. The lowest BCUT2D eigenvalue weighted by atomic mass is 9.78. The van der Waals surface area contributed by atoms with E-state index < -0.39 is 29.5 Å². The van der Waals surface area contributed by atoms with E-state index in [1.165, 1.54) is 6.04 Å². The normalized spacial score (nSPS) is 26.3. The number of alkyl halides is 3. The van der Waals surface area contributed by atoms with Crippen LogP contribution in [0.2, 0.25) is 17.1 Å². The molecule has 1 heterocycles. The van der Waals surface area contributed by atoms with Gasteiger partial charge in [0.15, 0.2) is 9.28 Å². The van der Waals surface area contributed by atoms with Gasteiger partial charge in [-0.3, -0.25) is 0 Å². The number of hydrogen-bond acceptors (Lipinski definition) is 1. The summed E-state index contributed by atoms with van der Waals surface area (Å²) in [5.74, 6) is 0. The van der Waals surface area contributed by atoms with Gasteiger partial charge in [0.05, 0.1) is 7.59 Å². The molecule has 0 aliphatic carbocycles. The maximum absolute atomic E-state index is 12.5. The molecule has 1 saturated heterocycles. The molecule has 0 N–H and O–H groups in total. The third-order valence-electron chi connectivity index (χ3n) is 6.34. The third-order valence-corrected chi connectivity index (χ3v) is 20.4. The van der Waals surface area contributed by atoms with E-state index in [0.29, 0.717) is 6.42 Å². The Morgan fingerprint density at radius 1 is 1.14 bits per heavy atom. The minimum absolute atomic E-state index is 0.146. The highest BCUT2D eigenvalue weighted by atomic mass is 29.2. The summed E-state index contributed by atoms with van der Waals surface area (Å²) in [4.78, 5) is 0. The monoisotopic (exact) mass is 340 g/mol. The summed E-state index contributed by atoms with van der Waals surface area (Å²) in [5, 5.41) is 0.146. The molecule has 0 bridgehead atoms. The van der Waals surface area contributed by atoms with Gasteiger partial charge < -0.3 is 4.43 Å². The van der Waals surface area contributed by atoms with Crippen molar-refractivity contribution >= 4 is 16.9 Å². The van der Waals surface area contributed by atoms with Crippen LogP contribution in [0.3, 0.4) is 0 Å². The zero-order valence-electron chi connectivity index (χ0n) is 14.2. The smallest absolute Gasteiger partial charge is 0.389 e. The lowest BCUT2D eigenvalue weighted by molar-refractivity contribution is -0.134. The Morgan fingerprint density at radius 2 is 1.76 bits per heavy atom. The van der Waals surface area contributed by atoms with Gasteiger partial charge in [-0.2, -0.15) is 13.2 Å². The molecule has 1 nitrogen and oxygen atoms in total. The largest absolute Gasteiger partial charge is 0.427 e. The minimum atomic E-state index is -4.02. The SMILES string of the molecule is CCC(C)(C)C(C)(C)[Si]1(CCCC(F)(F)F)CCCO[SiH2]1. The molecule has 0 aromatic carbocycles. The van der Waals surface area contributed by atoms with Gasteiger partial charge in [0.1, 0.15) is 0 Å². The van der Waals surface area contributed by atoms with Gasteiger partial charge in [0.2, 0.25) is 0 Å². The van der Waals surface area contributed by atoms with Gasteiger partial charge in [-0.25, -0.2) is 0 Å². The van der Waals surface area contributed by atoms with E-state index in [4.69, 9.17) is 4.43 Å². The lowest BCUT2D eigenvalue weighted by Crippen LogP contribution is -2.59. The van der Waals surface area contributed by atoms with Crippen LogP contribution in [0, 0.1) is 5.41 Å². The van der Waals surface area contributed by atoms with Gasteiger partial charge in [-0.1, -0.05) is 53.1 Å². The number of halogens is 3. The van der Waals surface area contributed by atoms with E-state index in [0.717, 1.165) is 25.5 Å². The van der Waals surface area contributed by atoms with E-state index in [2.05, 4.69) is 34.6 Å². The van der Waals surface area contributed by atoms with Gasteiger partial charge in [-0.05, 0) is 23.3 Å². The Morgan fingerprint density at radius 3 is 2.19 bits per heavy atom. The summed E-state index contributed by atoms with van der Waals surface area (Å²) < 4.78 is 43.5. The Kier molecular flexibility index (Phi) is 6.18. The summed E-state index contributed by atoms with van der Waals surface area (Å²) >= 11 is 0. The Labute approximate surface area is 130 Å². The van der Waals surface area contributed by atoms with Crippen molar-refractivity contribution in [1.82, 2.24) is 0 Å². The molecule has 1 aliphatic rings. The molecule has 0 amide bonds. The quantitative estimate of drug-likeness (QED) is 0.619. The summed E-state index contributed by atoms with van der Waals surface area (Å²) in [5.41, 5.74) is 0.172. The van der Waals surface area contributed by atoms with Crippen LogP contribution in [0.4, 0.5) is 13.2 Å². The van der Waals surface area contributed by atoms with Crippen LogP contribution in [-0.4, -0.2) is 29.7 Å². The summed E-state index contributed by atoms with van der Waals surface area (Å²) in [6.07, 6.45) is -2.22. The Hall–Kier alpha value is 0.184. The van der Waals surface area contributed by atoms with Crippen molar-refractivity contribution in [3.63, 3.8) is 0 Å². The Balaban J connectivity index is 2.93. The highest BCUT2D eigenvalue weighted by molar-refractivity contribution is 7.24. The van der Waals surface area contributed by atoms with Crippen LogP contribution in [-0.2, 0) is 4.43 Å². The first-order valence-electron chi connectivity index (χ1n) is 8.12. The second-order valence-corrected chi connectivity index (χ2v) is 18.2. The molecule has 0 aromatic heterocycles. The van der Waals surface area contributed by atoms with E-state index in [-0.39, 0.29) is 10.5 Å². The van der Waals surface area contributed by atoms with Gasteiger partial charge >= 0.3 is 6.18 Å². The van der Waals surface area contributed by atoms with Crippen LogP contribution in [0.25, 0.3) is 0 Å². The van der Waals surface area contributed by atoms with Crippen LogP contribution < -0.4 is 0 Å². The first kappa shape index (κ1) is 19.2. The molecule has 0 aromatic rings. The van der Waals surface area contributed by atoms with Crippen molar-refractivity contribution in [2.45, 2.75) is 83.6 Å². The fourth-order valence-electron chi connectivity index (χ4n) is 3.64. The van der Waals surface area contributed by atoms with Crippen molar-refractivity contribution in [2.24, 2.45) is 5.41 Å². The predicted molar refractivity (Wildman–Crippen MR) is 87.9 cm³/mol. The van der Waals surface area contributed by atoms with Crippen LogP contribution in [0.15, 0.2) is 0 Å². The molecule has 0 radical (unpaired) electrons. The third kappa shape index (κ3) is 4.35. The number of rotatable bonds is 6. The predicted octanol–water partition coefficient (Wildman–Crippen LogP) is 4.99. The van der Waals surface area contributed by atoms with E-state index in [1.807, 2.05) is 0 Å². The zero-order valence-corrected chi connectivity index (χ0v) is 16.6. The van der Waals surface area contributed by atoms with Crippen LogP contribution in [0.5, 0.6) is 0 Å². The second kappa shape index (κ2) is 6.75. The molecule has 21 heavy (non-hydrogen) atoms. The average molecular weight is 341 g/mol. The minimum Gasteiger partial charge on any atom is -0.427 e. The highest BCUT2D eigenvalue weighted by Crippen LogP contribution is 2.57. The lowest BCUT2D eigenvalue weighted by Gasteiger charge is -2.55. The van der Waals surface area contributed by atoms with Gasteiger partial charge in [0, 0.05) is 13.0 Å². The molecule has 6 heteroatoms. The molecule has 1 rings (SSSR count). The molecular weight excluding hydrogens is 309 g/mol. The molecular formula is C15H31F3OSi2. The molecule has 1 atom stereocenters. The van der Waals surface area contributed by atoms with E-state index >= 15 is 0 Å². The molecule has 1 aliphatic heterocycles. The fraction of sp³-hybridized carbons (Fsp3) is 1.00. The van der Waals surface area contributed by atoms with Crippen molar-refractivity contribution in [2.75, 3.05) is 6.61 Å². The standard InChI is InChI=1S/C15H31F3OSi2/c1-6-13(2,3)14(4,5)21(12-8-10-19-20-21)11-7-9-15(16,17)18/h6-12,20H2,1-5H3. The summed E-state index contributed by atoms with van der Waals surface area (Å²) in [6, 6.07) is 1.97. The summed E-state index contributed by atoms with van der Waals surface area (Å²) in [6.45, 7) is 12.2. The topological polar surface area (TPSA) is 9.23 Å². The first-order chi connectivity index (χ1) is 9.47. The molecule has 1 unspecified atom stereocenters. The van der Waals surface area contributed by atoms with E-state index in [1.54, 1.807) is 0 Å². The van der Waals surface area contributed by atoms with Gasteiger partial charge in [0.25, 0.3) is 0 Å². The maximum atomic E-state index is 12.5. The maximum Gasteiger partial charge on any atom is 0.389 e. The van der Waals surface area contributed by atoms with Gasteiger partial charge in [-0.15, -0.1) is 0 Å². The molecule has 0 spiro atoms. The van der Waals surface area contributed by atoms with Crippen molar-refractivity contribution in [3.05, 3.63) is 0 Å². The summed E-state index contributed by atoms with van der Waals surface area (Å²) in [7, 11) is -2.42. The average Bonchev–Trinajstić information content (AvgIpc) is 2.38. The van der Waals surface area contributed by atoms with Crippen LogP contribution >= 0.6 is 0 Å². The Bertz CT molecular complexity index is 334. The molecule has 1 fully saturated rings. The highest BCUT2D eigenvalue weighted by Gasteiger charge is 2.54. The van der Waals surface area contributed by atoms with Crippen molar-refractivity contribution < 1.29 is 17.6 Å².